The SMILES string of the molecule is CC(=O)OC1CC[C@@]2(C)C(=C(C)CC3C4CC5O[C@]6(CCC(C)CO6)C(C)C5[C@@]4(C)CCC32)C1. The van der Waals surface area contributed by atoms with Gasteiger partial charge >= 0.3 is 5.97 Å². The first-order valence-electron chi connectivity index (χ1n) is 14.3. The van der Waals surface area contributed by atoms with Crippen LogP contribution in [0.2, 0.25) is 0 Å². The van der Waals surface area contributed by atoms with Crippen molar-refractivity contribution in [3.8, 4) is 0 Å². The highest BCUT2D eigenvalue weighted by molar-refractivity contribution is 5.66. The van der Waals surface area contributed by atoms with Crippen molar-refractivity contribution in [1.29, 1.82) is 0 Å². The van der Waals surface area contributed by atoms with E-state index in [4.69, 9.17) is 14.2 Å². The molecule has 6 rings (SSSR count). The number of allylic oxidation sites excluding steroid dienone is 1. The molecule has 6 aliphatic rings. The molecule has 1 spiro atoms. The summed E-state index contributed by atoms with van der Waals surface area (Å²) in [4.78, 5) is 11.6. The van der Waals surface area contributed by atoms with Gasteiger partial charge < -0.3 is 14.2 Å². The van der Waals surface area contributed by atoms with Gasteiger partial charge in [0.15, 0.2) is 5.79 Å². The lowest BCUT2D eigenvalue weighted by Gasteiger charge is -2.59. The summed E-state index contributed by atoms with van der Waals surface area (Å²) in [5.74, 6) is 3.61. The van der Waals surface area contributed by atoms with Crippen molar-refractivity contribution in [3.05, 3.63) is 11.1 Å². The molecule has 0 bridgehead atoms. The summed E-state index contributed by atoms with van der Waals surface area (Å²) < 4.78 is 19.1. The quantitative estimate of drug-likeness (QED) is 0.317. The summed E-state index contributed by atoms with van der Waals surface area (Å²) in [5, 5.41) is 0. The summed E-state index contributed by atoms with van der Waals surface area (Å²) in [5.41, 5.74) is 3.86. The maximum absolute atomic E-state index is 11.6. The van der Waals surface area contributed by atoms with Crippen LogP contribution in [0.15, 0.2) is 11.1 Å². The number of esters is 1. The first-order chi connectivity index (χ1) is 16.1. The van der Waals surface area contributed by atoms with Crippen LogP contribution in [0.5, 0.6) is 0 Å². The molecule has 4 heteroatoms. The van der Waals surface area contributed by atoms with Crippen molar-refractivity contribution >= 4 is 5.97 Å². The number of hydrogen-bond donors (Lipinski definition) is 0. The van der Waals surface area contributed by atoms with E-state index < -0.39 is 0 Å². The van der Waals surface area contributed by atoms with Gasteiger partial charge in [-0.2, -0.15) is 0 Å². The van der Waals surface area contributed by atoms with Crippen molar-refractivity contribution < 1.29 is 19.0 Å². The average molecular weight is 471 g/mol. The number of hydrogen-bond acceptors (Lipinski definition) is 4. The van der Waals surface area contributed by atoms with Gasteiger partial charge in [0.05, 0.1) is 12.7 Å². The molecule has 0 radical (unpaired) electrons. The van der Waals surface area contributed by atoms with E-state index in [2.05, 4.69) is 34.6 Å². The van der Waals surface area contributed by atoms with E-state index in [1.165, 1.54) is 32.1 Å². The molecule has 0 N–H and O–H groups in total. The maximum Gasteiger partial charge on any atom is 0.302 e. The second kappa shape index (κ2) is 7.81. The molecule has 4 aliphatic carbocycles. The highest BCUT2D eigenvalue weighted by Gasteiger charge is 2.68. The lowest BCUT2D eigenvalue weighted by Crippen LogP contribution is -2.53. The Hall–Kier alpha value is -0.870. The first-order valence-corrected chi connectivity index (χ1v) is 14.3. The number of rotatable bonds is 1. The summed E-state index contributed by atoms with van der Waals surface area (Å²) in [6, 6.07) is 0. The van der Waals surface area contributed by atoms with Crippen LogP contribution in [0.1, 0.15) is 99.3 Å². The first kappa shape index (κ1) is 23.5. The van der Waals surface area contributed by atoms with Gasteiger partial charge in [-0.05, 0) is 92.3 Å². The molecule has 0 aromatic carbocycles. The van der Waals surface area contributed by atoms with E-state index >= 15 is 0 Å². The minimum absolute atomic E-state index is 0.0791. The van der Waals surface area contributed by atoms with E-state index in [0.29, 0.717) is 29.3 Å². The largest absolute Gasteiger partial charge is 0.462 e. The monoisotopic (exact) mass is 470 g/mol. The van der Waals surface area contributed by atoms with Gasteiger partial charge in [0, 0.05) is 25.7 Å². The summed E-state index contributed by atoms with van der Waals surface area (Å²) in [6.45, 7) is 14.7. The lowest BCUT2D eigenvalue weighted by atomic mass is 9.46. The molecular formula is C30H46O4. The molecule has 8 unspecified atom stereocenters. The fourth-order valence-corrected chi connectivity index (χ4v) is 10.4. The molecule has 2 heterocycles. The van der Waals surface area contributed by atoms with E-state index in [0.717, 1.165) is 50.0 Å². The van der Waals surface area contributed by atoms with Crippen molar-refractivity contribution in [2.45, 2.75) is 117 Å². The van der Waals surface area contributed by atoms with Crippen LogP contribution in [0, 0.1) is 46.3 Å². The third-order valence-corrected chi connectivity index (χ3v) is 12.0. The van der Waals surface area contributed by atoms with Gasteiger partial charge in [-0.1, -0.05) is 38.8 Å². The molecule has 0 amide bonds. The molecule has 190 valence electrons. The number of carbonyl (C=O) groups is 1. The Labute approximate surface area is 206 Å². The highest BCUT2D eigenvalue weighted by Crippen LogP contribution is 2.71. The maximum atomic E-state index is 11.6. The normalized spacial score (nSPS) is 54.3. The molecule has 2 saturated heterocycles. The van der Waals surface area contributed by atoms with Gasteiger partial charge in [0.1, 0.15) is 6.10 Å². The Morgan fingerprint density at radius 3 is 2.53 bits per heavy atom. The zero-order valence-corrected chi connectivity index (χ0v) is 22.3. The second-order valence-corrected chi connectivity index (χ2v) is 13.7. The number of fused-ring (bicyclic) bond motifs is 7. The van der Waals surface area contributed by atoms with E-state index in [1.807, 2.05) is 0 Å². The minimum atomic E-state index is -0.316. The number of ether oxygens (including phenoxy) is 3. The molecule has 11 atom stereocenters. The predicted molar refractivity (Wildman–Crippen MR) is 132 cm³/mol. The van der Waals surface area contributed by atoms with Gasteiger partial charge in [0.2, 0.25) is 0 Å². The molecule has 5 fully saturated rings. The third kappa shape index (κ3) is 3.19. The van der Waals surface area contributed by atoms with Crippen LogP contribution < -0.4 is 0 Å². The molecular weight excluding hydrogens is 424 g/mol. The highest BCUT2D eigenvalue weighted by atomic mass is 16.7. The second-order valence-electron chi connectivity index (χ2n) is 13.7. The fourth-order valence-electron chi connectivity index (χ4n) is 10.4. The molecule has 0 aromatic rings. The third-order valence-electron chi connectivity index (χ3n) is 12.0. The Morgan fingerprint density at radius 2 is 1.82 bits per heavy atom. The summed E-state index contributed by atoms with van der Waals surface area (Å²) >= 11 is 0. The van der Waals surface area contributed by atoms with Crippen molar-refractivity contribution in [2.75, 3.05) is 6.61 Å². The molecule has 34 heavy (non-hydrogen) atoms. The van der Waals surface area contributed by atoms with Crippen molar-refractivity contribution in [3.63, 3.8) is 0 Å². The van der Waals surface area contributed by atoms with E-state index in [1.54, 1.807) is 18.1 Å². The van der Waals surface area contributed by atoms with E-state index in [-0.39, 0.29) is 23.3 Å². The van der Waals surface area contributed by atoms with Crippen LogP contribution in [0.25, 0.3) is 0 Å². The summed E-state index contributed by atoms with van der Waals surface area (Å²) in [7, 11) is 0. The van der Waals surface area contributed by atoms with Crippen LogP contribution in [0.3, 0.4) is 0 Å². The Morgan fingerprint density at radius 1 is 1.03 bits per heavy atom. The fraction of sp³-hybridized carbons (Fsp3) is 0.900. The number of carbonyl (C=O) groups excluding carboxylic acids is 1. The standard InChI is InChI=1S/C30H46O4/c1-17-7-12-30(32-16-17)19(3)27-26(34-30)15-25-22-13-18(2)24-14-21(33-20(4)31)8-10-28(24,5)23(22)9-11-29(25,27)6/h17,19,21-23,25-27H,7-16H2,1-6H3/t17?,19?,21?,22?,23?,25?,26?,27?,28-,29+,30-/m1/s1. The van der Waals surface area contributed by atoms with Gasteiger partial charge in [0.25, 0.3) is 0 Å². The predicted octanol–water partition coefficient (Wildman–Crippen LogP) is 6.67. The molecule has 3 saturated carbocycles. The smallest absolute Gasteiger partial charge is 0.302 e. The molecule has 2 aliphatic heterocycles. The lowest BCUT2D eigenvalue weighted by molar-refractivity contribution is -0.272. The Kier molecular flexibility index (Phi) is 5.41. The van der Waals surface area contributed by atoms with Gasteiger partial charge in [-0.3, -0.25) is 4.79 Å². The molecule has 4 nitrogen and oxygen atoms in total. The minimum Gasteiger partial charge on any atom is -0.462 e. The average Bonchev–Trinajstić information content (AvgIpc) is 3.22. The Bertz CT molecular complexity index is 884. The van der Waals surface area contributed by atoms with Crippen LogP contribution >= 0.6 is 0 Å². The Balaban J connectivity index is 1.26. The summed E-state index contributed by atoms with van der Waals surface area (Å²) in [6.07, 6.45) is 11.0. The topological polar surface area (TPSA) is 44.8 Å². The van der Waals surface area contributed by atoms with Crippen LogP contribution in [0.4, 0.5) is 0 Å². The van der Waals surface area contributed by atoms with Gasteiger partial charge in [-0.25, -0.2) is 0 Å². The van der Waals surface area contributed by atoms with Crippen LogP contribution in [-0.4, -0.2) is 30.6 Å². The zero-order valence-electron chi connectivity index (χ0n) is 22.3. The van der Waals surface area contributed by atoms with Crippen molar-refractivity contribution in [2.24, 2.45) is 46.3 Å². The van der Waals surface area contributed by atoms with Gasteiger partial charge in [-0.15, -0.1) is 0 Å². The van der Waals surface area contributed by atoms with Crippen molar-refractivity contribution in [1.82, 2.24) is 0 Å². The van der Waals surface area contributed by atoms with Crippen LogP contribution in [-0.2, 0) is 19.0 Å². The zero-order chi connectivity index (χ0) is 24.0. The van der Waals surface area contributed by atoms with E-state index in [9.17, 15) is 4.79 Å². The molecule has 0 aromatic heterocycles.